The molecule has 0 atom stereocenters. The number of piperazine rings is 1. The van der Waals surface area contributed by atoms with Gasteiger partial charge in [0.2, 0.25) is 0 Å². The van der Waals surface area contributed by atoms with Crippen molar-refractivity contribution in [2.75, 3.05) is 26.2 Å². The van der Waals surface area contributed by atoms with Crippen molar-refractivity contribution < 1.29 is 9.18 Å². The minimum atomic E-state index is -0.288. The van der Waals surface area contributed by atoms with Crippen LogP contribution in [0.15, 0.2) is 42.6 Å². The zero-order valence-corrected chi connectivity index (χ0v) is 13.3. The number of hydrogen-bond acceptors (Lipinski definition) is 3. The Morgan fingerprint density at radius 3 is 2.57 bits per heavy atom. The van der Waals surface area contributed by atoms with Gasteiger partial charge in [-0.2, -0.15) is 0 Å². The molecule has 2 heterocycles. The average molecular weight is 334 g/mol. The van der Waals surface area contributed by atoms with Crippen LogP contribution in [0.1, 0.15) is 16.1 Å². The van der Waals surface area contributed by atoms with Gasteiger partial charge in [0, 0.05) is 49.5 Å². The van der Waals surface area contributed by atoms with E-state index in [2.05, 4.69) is 9.88 Å². The smallest absolute Gasteiger partial charge is 0.272 e. The maximum Gasteiger partial charge on any atom is 0.272 e. The third-order valence-electron chi connectivity index (χ3n) is 3.99. The molecule has 0 aliphatic carbocycles. The fraction of sp³-hybridized carbons (Fsp3) is 0.294. The second-order valence-corrected chi connectivity index (χ2v) is 5.89. The van der Waals surface area contributed by atoms with E-state index in [1.54, 1.807) is 41.4 Å². The zero-order chi connectivity index (χ0) is 16.2. The summed E-state index contributed by atoms with van der Waals surface area (Å²) in [5, 5.41) is 0.442. The van der Waals surface area contributed by atoms with Crippen molar-refractivity contribution in [2.45, 2.75) is 6.54 Å². The van der Waals surface area contributed by atoms with E-state index in [0.29, 0.717) is 49.0 Å². The number of hydrogen-bond donors (Lipinski definition) is 0. The Labute approximate surface area is 139 Å². The Balaban J connectivity index is 1.60. The lowest BCUT2D eigenvalue weighted by atomic mass is 10.1. The number of amides is 1. The number of nitrogens with zero attached hydrogens (tertiary/aromatic N) is 3. The number of carbonyl (C=O) groups is 1. The first-order chi connectivity index (χ1) is 11.1. The Hall–Kier alpha value is -1.98. The first-order valence-corrected chi connectivity index (χ1v) is 7.88. The molecule has 120 valence electrons. The lowest BCUT2D eigenvalue weighted by Crippen LogP contribution is -2.48. The Morgan fingerprint density at radius 2 is 1.91 bits per heavy atom. The lowest BCUT2D eigenvalue weighted by molar-refractivity contribution is 0.0621. The van der Waals surface area contributed by atoms with E-state index in [1.165, 1.54) is 6.07 Å². The number of benzene rings is 1. The van der Waals surface area contributed by atoms with Crippen LogP contribution in [-0.4, -0.2) is 46.9 Å². The third-order valence-corrected chi connectivity index (χ3v) is 4.34. The van der Waals surface area contributed by atoms with Gasteiger partial charge in [0.15, 0.2) is 0 Å². The molecule has 23 heavy (non-hydrogen) atoms. The quantitative estimate of drug-likeness (QED) is 0.866. The van der Waals surface area contributed by atoms with Crippen LogP contribution in [0.2, 0.25) is 5.02 Å². The van der Waals surface area contributed by atoms with E-state index < -0.39 is 0 Å². The highest BCUT2D eigenvalue weighted by atomic mass is 35.5. The Morgan fingerprint density at radius 1 is 1.13 bits per heavy atom. The van der Waals surface area contributed by atoms with E-state index in [4.69, 9.17) is 11.6 Å². The summed E-state index contributed by atoms with van der Waals surface area (Å²) < 4.78 is 13.8. The number of carbonyl (C=O) groups excluding carboxylic acids is 1. The molecule has 1 aliphatic rings. The largest absolute Gasteiger partial charge is 0.335 e. The topological polar surface area (TPSA) is 36.4 Å². The highest BCUT2D eigenvalue weighted by Crippen LogP contribution is 2.21. The molecule has 1 aromatic carbocycles. The number of rotatable bonds is 3. The van der Waals surface area contributed by atoms with E-state index in [-0.39, 0.29) is 11.7 Å². The van der Waals surface area contributed by atoms with Crippen molar-refractivity contribution in [3.63, 3.8) is 0 Å². The highest BCUT2D eigenvalue weighted by Gasteiger charge is 2.23. The van der Waals surface area contributed by atoms with E-state index >= 15 is 0 Å². The van der Waals surface area contributed by atoms with Crippen LogP contribution in [-0.2, 0) is 6.54 Å². The second kappa shape index (κ2) is 7.06. The molecular weight excluding hydrogens is 317 g/mol. The molecule has 1 aromatic heterocycles. The monoisotopic (exact) mass is 333 g/mol. The van der Waals surface area contributed by atoms with Crippen LogP contribution in [0.5, 0.6) is 0 Å². The zero-order valence-electron chi connectivity index (χ0n) is 12.6. The van der Waals surface area contributed by atoms with Crippen LogP contribution < -0.4 is 0 Å². The van der Waals surface area contributed by atoms with Gasteiger partial charge in [0.25, 0.3) is 5.91 Å². The van der Waals surface area contributed by atoms with Gasteiger partial charge in [0.05, 0.1) is 0 Å². The molecule has 3 rings (SSSR count). The number of aromatic nitrogens is 1. The van der Waals surface area contributed by atoms with Crippen molar-refractivity contribution in [3.05, 3.63) is 64.7 Å². The van der Waals surface area contributed by atoms with E-state index in [9.17, 15) is 9.18 Å². The van der Waals surface area contributed by atoms with E-state index in [1.807, 2.05) is 0 Å². The summed E-state index contributed by atoms with van der Waals surface area (Å²) in [5.41, 5.74) is 0.969. The molecular formula is C17H17ClFN3O. The van der Waals surface area contributed by atoms with Crippen LogP contribution in [0.25, 0.3) is 0 Å². The van der Waals surface area contributed by atoms with Gasteiger partial charge in [-0.15, -0.1) is 0 Å². The normalized spacial score (nSPS) is 15.7. The first kappa shape index (κ1) is 15.9. The highest BCUT2D eigenvalue weighted by molar-refractivity contribution is 6.31. The molecule has 4 nitrogen and oxygen atoms in total. The van der Waals surface area contributed by atoms with Crippen LogP contribution in [0.3, 0.4) is 0 Å². The molecule has 6 heteroatoms. The van der Waals surface area contributed by atoms with Crippen molar-refractivity contribution >= 4 is 17.5 Å². The van der Waals surface area contributed by atoms with Gasteiger partial charge in [0.1, 0.15) is 11.5 Å². The standard InChI is InChI=1S/C17H17ClFN3O/c18-14-4-3-5-15(19)13(14)12-21-8-10-22(11-9-21)17(23)16-6-1-2-7-20-16/h1-7H,8-12H2. The lowest BCUT2D eigenvalue weighted by Gasteiger charge is -2.34. The molecule has 0 bridgehead atoms. The Kier molecular flexibility index (Phi) is 4.88. The van der Waals surface area contributed by atoms with Gasteiger partial charge in [-0.3, -0.25) is 14.7 Å². The van der Waals surface area contributed by atoms with Crippen LogP contribution >= 0.6 is 11.6 Å². The summed E-state index contributed by atoms with van der Waals surface area (Å²) >= 11 is 6.07. The van der Waals surface area contributed by atoms with Crippen LogP contribution in [0.4, 0.5) is 4.39 Å². The SMILES string of the molecule is O=C(c1ccccn1)N1CCN(Cc2c(F)cccc2Cl)CC1. The maximum absolute atomic E-state index is 13.8. The predicted molar refractivity (Wildman–Crippen MR) is 86.8 cm³/mol. The number of pyridine rings is 1. The van der Waals surface area contributed by atoms with Crippen molar-refractivity contribution in [2.24, 2.45) is 0 Å². The molecule has 1 saturated heterocycles. The molecule has 1 amide bonds. The summed E-state index contributed by atoms with van der Waals surface area (Å²) in [5.74, 6) is -0.348. The summed E-state index contributed by atoms with van der Waals surface area (Å²) in [6.45, 7) is 3.02. The average Bonchev–Trinajstić information content (AvgIpc) is 2.59. The first-order valence-electron chi connectivity index (χ1n) is 7.50. The predicted octanol–water partition coefficient (Wildman–Crippen LogP) is 2.83. The molecule has 0 radical (unpaired) electrons. The fourth-order valence-electron chi connectivity index (χ4n) is 2.67. The second-order valence-electron chi connectivity index (χ2n) is 5.48. The van der Waals surface area contributed by atoms with Gasteiger partial charge >= 0.3 is 0 Å². The molecule has 0 unspecified atom stereocenters. The van der Waals surface area contributed by atoms with E-state index in [0.717, 1.165) is 0 Å². The van der Waals surface area contributed by atoms with Crippen molar-refractivity contribution in [3.8, 4) is 0 Å². The molecule has 2 aromatic rings. The van der Waals surface area contributed by atoms with Gasteiger partial charge in [-0.05, 0) is 24.3 Å². The minimum Gasteiger partial charge on any atom is -0.335 e. The molecule has 1 fully saturated rings. The molecule has 0 spiro atoms. The molecule has 1 aliphatic heterocycles. The molecule has 0 N–H and O–H groups in total. The number of halogens is 2. The fourth-order valence-corrected chi connectivity index (χ4v) is 2.89. The van der Waals surface area contributed by atoms with Crippen LogP contribution in [0, 0.1) is 5.82 Å². The van der Waals surface area contributed by atoms with Gasteiger partial charge in [-0.1, -0.05) is 23.7 Å². The van der Waals surface area contributed by atoms with Gasteiger partial charge in [-0.25, -0.2) is 4.39 Å². The summed E-state index contributed by atoms with van der Waals surface area (Å²) in [6, 6.07) is 10.0. The maximum atomic E-state index is 13.8. The summed E-state index contributed by atoms with van der Waals surface area (Å²) in [6.07, 6.45) is 1.61. The summed E-state index contributed by atoms with van der Waals surface area (Å²) in [7, 11) is 0. The van der Waals surface area contributed by atoms with Crippen molar-refractivity contribution in [1.82, 2.24) is 14.8 Å². The third kappa shape index (κ3) is 3.68. The minimum absolute atomic E-state index is 0.0609. The van der Waals surface area contributed by atoms with Crippen molar-refractivity contribution in [1.29, 1.82) is 0 Å². The Bertz CT molecular complexity index is 667. The van der Waals surface area contributed by atoms with Gasteiger partial charge < -0.3 is 4.90 Å². The molecule has 0 saturated carbocycles. The summed E-state index contributed by atoms with van der Waals surface area (Å²) in [4.78, 5) is 20.3.